The molecule has 0 amide bonds. The van der Waals surface area contributed by atoms with Gasteiger partial charge >= 0.3 is 0 Å². The second kappa shape index (κ2) is 5.64. The molecule has 2 atom stereocenters. The van der Waals surface area contributed by atoms with Gasteiger partial charge < -0.3 is 10.3 Å². The lowest BCUT2D eigenvalue weighted by Gasteiger charge is -2.27. The molecule has 0 radical (unpaired) electrons. The molecule has 0 aromatic carbocycles. The Labute approximate surface area is 117 Å². The molecule has 1 aliphatic rings. The SMILES string of the molecule is Cc1[nH]c(C(=O)CC2CCNC(C)C2)c(Cl)c1Cl. The molecule has 0 aliphatic carbocycles. The first-order valence-corrected chi connectivity index (χ1v) is 7.04. The number of H-pyrrole nitrogens is 1. The molecule has 1 aromatic heterocycles. The highest BCUT2D eigenvalue weighted by Gasteiger charge is 2.24. The van der Waals surface area contributed by atoms with Crippen molar-refractivity contribution in [3.8, 4) is 0 Å². The van der Waals surface area contributed by atoms with Gasteiger partial charge in [-0.25, -0.2) is 0 Å². The van der Waals surface area contributed by atoms with Crippen LogP contribution in [0.3, 0.4) is 0 Å². The van der Waals surface area contributed by atoms with E-state index in [2.05, 4.69) is 17.2 Å². The third-order valence-corrected chi connectivity index (χ3v) is 4.49. The Bertz CT molecular complexity index is 456. The third-order valence-electron chi connectivity index (χ3n) is 3.54. The second-order valence-corrected chi connectivity index (χ2v) is 5.88. The van der Waals surface area contributed by atoms with Crippen LogP contribution in [-0.4, -0.2) is 23.4 Å². The number of ketones is 1. The van der Waals surface area contributed by atoms with Crippen LogP contribution in [0.1, 0.15) is 42.4 Å². The van der Waals surface area contributed by atoms with Gasteiger partial charge in [0.25, 0.3) is 0 Å². The summed E-state index contributed by atoms with van der Waals surface area (Å²) in [7, 11) is 0. The lowest BCUT2D eigenvalue weighted by Crippen LogP contribution is -2.36. The summed E-state index contributed by atoms with van der Waals surface area (Å²) in [4.78, 5) is 15.2. The Kier molecular flexibility index (Phi) is 4.36. The van der Waals surface area contributed by atoms with Crippen molar-refractivity contribution in [3.63, 3.8) is 0 Å². The minimum atomic E-state index is 0.0640. The highest BCUT2D eigenvalue weighted by Crippen LogP contribution is 2.31. The summed E-state index contributed by atoms with van der Waals surface area (Å²) < 4.78 is 0. The predicted molar refractivity (Wildman–Crippen MR) is 74.7 cm³/mol. The Balaban J connectivity index is 2.05. The maximum Gasteiger partial charge on any atom is 0.180 e. The summed E-state index contributed by atoms with van der Waals surface area (Å²) in [6.45, 7) is 4.95. The van der Waals surface area contributed by atoms with Crippen LogP contribution in [0.15, 0.2) is 0 Å². The molecule has 1 saturated heterocycles. The van der Waals surface area contributed by atoms with E-state index in [0.29, 0.717) is 34.1 Å². The van der Waals surface area contributed by atoms with Gasteiger partial charge in [0, 0.05) is 18.2 Å². The first-order valence-electron chi connectivity index (χ1n) is 6.29. The molecular formula is C13H18Cl2N2O. The molecular weight excluding hydrogens is 271 g/mol. The Morgan fingerprint density at radius 2 is 2.11 bits per heavy atom. The summed E-state index contributed by atoms with van der Waals surface area (Å²) in [5, 5.41) is 4.20. The van der Waals surface area contributed by atoms with Crippen LogP contribution in [-0.2, 0) is 0 Å². The van der Waals surface area contributed by atoms with E-state index >= 15 is 0 Å². The molecule has 0 saturated carbocycles. The molecule has 3 nitrogen and oxygen atoms in total. The van der Waals surface area contributed by atoms with Crippen molar-refractivity contribution in [3.05, 3.63) is 21.4 Å². The molecule has 2 heterocycles. The third kappa shape index (κ3) is 2.90. The van der Waals surface area contributed by atoms with Crippen molar-refractivity contribution in [2.45, 2.75) is 39.2 Å². The summed E-state index contributed by atoms with van der Waals surface area (Å²) in [6.07, 6.45) is 2.62. The monoisotopic (exact) mass is 288 g/mol. The van der Waals surface area contributed by atoms with Crippen molar-refractivity contribution in [1.82, 2.24) is 10.3 Å². The van der Waals surface area contributed by atoms with Crippen LogP contribution in [0.5, 0.6) is 0 Å². The Morgan fingerprint density at radius 1 is 1.39 bits per heavy atom. The molecule has 2 rings (SSSR count). The van der Waals surface area contributed by atoms with E-state index < -0.39 is 0 Å². The van der Waals surface area contributed by atoms with E-state index in [1.54, 1.807) is 0 Å². The van der Waals surface area contributed by atoms with Gasteiger partial charge in [-0.3, -0.25) is 4.79 Å². The van der Waals surface area contributed by atoms with E-state index in [1.165, 1.54) is 0 Å². The van der Waals surface area contributed by atoms with Crippen LogP contribution < -0.4 is 5.32 Å². The number of carbonyl (C=O) groups excluding carboxylic acids is 1. The number of Topliss-reactive ketones (excluding diaryl/α,β-unsaturated/α-hetero) is 1. The smallest absolute Gasteiger partial charge is 0.180 e. The number of rotatable bonds is 3. The Morgan fingerprint density at radius 3 is 2.67 bits per heavy atom. The lowest BCUT2D eigenvalue weighted by molar-refractivity contribution is 0.0943. The van der Waals surface area contributed by atoms with E-state index in [4.69, 9.17) is 23.2 Å². The zero-order chi connectivity index (χ0) is 13.3. The quantitative estimate of drug-likeness (QED) is 0.835. The van der Waals surface area contributed by atoms with E-state index in [1.807, 2.05) is 6.92 Å². The average Bonchev–Trinajstić information content (AvgIpc) is 2.57. The molecule has 1 aromatic rings. The number of hydrogen-bond acceptors (Lipinski definition) is 2. The summed E-state index contributed by atoms with van der Waals surface area (Å²) in [6, 6.07) is 0.487. The highest BCUT2D eigenvalue weighted by atomic mass is 35.5. The molecule has 2 unspecified atom stereocenters. The number of aromatic amines is 1. The van der Waals surface area contributed by atoms with Crippen LogP contribution >= 0.6 is 23.2 Å². The second-order valence-electron chi connectivity index (χ2n) is 5.13. The summed E-state index contributed by atoms with van der Waals surface area (Å²) in [5.74, 6) is 0.501. The molecule has 5 heteroatoms. The maximum absolute atomic E-state index is 12.2. The van der Waals surface area contributed by atoms with E-state index in [9.17, 15) is 4.79 Å². The van der Waals surface area contributed by atoms with Crippen LogP contribution in [0.25, 0.3) is 0 Å². The molecule has 0 bridgehead atoms. The number of hydrogen-bond donors (Lipinski definition) is 2. The minimum Gasteiger partial charge on any atom is -0.354 e. The van der Waals surface area contributed by atoms with Gasteiger partial charge in [0.1, 0.15) is 5.69 Å². The molecule has 2 N–H and O–H groups in total. The van der Waals surface area contributed by atoms with Gasteiger partial charge in [0.05, 0.1) is 10.0 Å². The van der Waals surface area contributed by atoms with Gasteiger partial charge in [0.2, 0.25) is 0 Å². The average molecular weight is 289 g/mol. The van der Waals surface area contributed by atoms with Gasteiger partial charge in [-0.1, -0.05) is 23.2 Å². The van der Waals surface area contributed by atoms with Crippen LogP contribution in [0.4, 0.5) is 0 Å². The van der Waals surface area contributed by atoms with E-state index in [0.717, 1.165) is 25.1 Å². The Hall–Kier alpha value is -0.510. The first-order chi connectivity index (χ1) is 8.49. The van der Waals surface area contributed by atoms with Crippen molar-refractivity contribution in [2.75, 3.05) is 6.54 Å². The number of aryl methyl sites for hydroxylation is 1. The van der Waals surface area contributed by atoms with Gasteiger partial charge in [-0.15, -0.1) is 0 Å². The zero-order valence-electron chi connectivity index (χ0n) is 10.6. The fourth-order valence-corrected chi connectivity index (χ4v) is 2.98. The van der Waals surface area contributed by atoms with Gasteiger partial charge in [0.15, 0.2) is 5.78 Å². The first kappa shape index (κ1) is 13.9. The maximum atomic E-state index is 12.2. The van der Waals surface area contributed by atoms with E-state index in [-0.39, 0.29) is 5.78 Å². The summed E-state index contributed by atoms with van der Waals surface area (Å²) >= 11 is 12.0. The fraction of sp³-hybridized carbons (Fsp3) is 0.615. The largest absolute Gasteiger partial charge is 0.354 e. The van der Waals surface area contributed by atoms with Crippen molar-refractivity contribution in [1.29, 1.82) is 0 Å². The molecule has 100 valence electrons. The topological polar surface area (TPSA) is 44.9 Å². The molecule has 1 fully saturated rings. The lowest BCUT2D eigenvalue weighted by atomic mass is 9.88. The van der Waals surface area contributed by atoms with Gasteiger partial charge in [-0.2, -0.15) is 0 Å². The number of halogens is 2. The number of piperidine rings is 1. The van der Waals surface area contributed by atoms with Gasteiger partial charge in [-0.05, 0) is 39.2 Å². The molecule has 18 heavy (non-hydrogen) atoms. The minimum absolute atomic E-state index is 0.0640. The van der Waals surface area contributed by atoms with Crippen LogP contribution in [0.2, 0.25) is 10.0 Å². The highest BCUT2D eigenvalue weighted by molar-refractivity contribution is 6.44. The van der Waals surface area contributed by atoms with Crippen molar-refractivity contribution < 1.29 is 4.79 Å². The number of aromatic nitrogens is 1. The van der Waals surface area contributed by atoms with Crippen LogP contribution in [0, 0.1) is 12.8 Å². The van der Waals surface area contributed by atoms with Crippen molar-refractivity contribution in [2.24, 2.45) is 5.92 Å². The predicted octanol–water partition coefficient (Wildman–Crippen LogP) is 3.59. The molecule has 1 aliphatic heterocycles. The number of carbonyl (C=O) groups is 1. The van der Waals surface area contributed by atoms with Crippen molar-refractivity contribution >= 4 is 29.0 Å². The molecule has 0 spiro atoms. The zero-order valence-corrected chi connectivity index (χ0v) is 12.2. The fourth-order valence-electron chi connectivity index (χ4n) is 2.55. The summed E-state index contributed by atoms with van der Waals surface area (Å²) in [5.41, 5.74) is 1.22. The standard InChI is InChI=1S/C13H18Cl2N2O/c1-7-5-9(3-4-16-7)6-10(18)13-12(15)11(14)8(2)17-13/h7,9,16-17H,3-6H2,1-2H3. The normalized spacial score (nSPS) is 24.2. The number of nitrogens with one attached hydrogen (secondary N) is 2.